The Kier molecular flexibility index (Phi) is 12.3. The number of carbonyl (C=O) groups is 2. The SMILES string of the molecule is Cc1cc(N(C)C(=O)C2CCC(Oc3cccc(CC(=O)NC(C)(CN=[N+]=[N-])CN=[N+]=[N-])c3)CC2)ccc1CN1CCN[C@@H](C)C1. The molecule has 46 heavy (non-hydrogen) atoms. The van der Waals surface area contributed by atoms with E-state index in [1.165, 1.54) is 11.1 Å². The molecule has 0 unspecified atom stereocenters. The minimum absolute atomic E-state index is 0.0105. The van der Waals surface area contributed by atoms with Gasteiger partial charge in [0.15, 0.2) is 0 Å². The highest BCUT2D eigenvalue weighted by Crippen LogP contribution is 2.31. The number of anilines is 1. The number of hydrogen-bond acceptors (Lipinski definition) is 7. The average Bonchev–Trinajstić information content (AvgIpc) is 3.03. The Hall–Kier alpha value is -4.28. The van der Waals surface area contributed by atoms with E-state index in [9.17, 15) is 9.59 Å². The van der Waals surface area contributed by atoms with Crippen LogP contribution in [0.2, 0.25) is 0 Å². The molecule has 2 aliphatic rings. The molecule has 1 saturated heterocycles. The number of benzene rings is 2. The van der Waals surface area contributed by atoms with E-state index in [2.05, 4.69) is 67.6 Å². The molecule has 1 heterocycles. The number of rotatable bonds is 13. The van der Waals surface area contributed by atoms with Crippen LogP contribution in [0.3, 0.4) is 0 Å². The summed E-state index contributed by atoms with van der Waals surface area (Å²) in [7, 11) is 1.87. The van der Waals surface area contributed by atoms with E-state index >= 15 is 0 Å². The topological polar surface area (TPSA) is 171 Å². The average molecular weight is 631 g/mol. The van der Waals surface area contributed by atoms with E-state index in [-0.39, 0.29) is 43.3 Å². The largest absolute Gasteiger partial charge is 0.490 e. The fraction of sp³-hybridized carbons (Fsp3) is 0.576. The predicted molar refractivity (Wildman–Crippen MR) is 178 cm³/mol. The van der Waals surface area contributed by atoms with E-state index in [0.29, 0.717) is 11.8 Å². The molecule has 2 aromatic carbocycles. The third-order valence-corrected chi connectivity index (χ3v) is 8.89. The Labute approximate surface area is 270 Å². The van der Waals surface area contributed by atoms with Gasteiger partial charge in [-0.1, -0.05) is 28.4 Å². The van der Waals surface area contributed by atoms with Crippen LogP contribution < -0.4 is 20.3 Å². The summed E-state index contributed by atoms with van der Waals surface area (Å²) >= 11 is 0. The second-order valence-electron chi connectivity index (χ2n) is 12.9. The van der Waals surface area contributed by atoms with Gasteiger partial charge in [-0.25, -0.2) is 0 Å². The summed E-state index contributed by atoms with van der Waals surface area (Å²) < 4.78 is 6.28. The maximum absolute atomic E-state index is 13.5. The fourth-order valence-corrected chi connectivity index (χ4v) is 6.28. The fourth-order valence-electron chi connectivity index (χ4n) is 6.28. The standard InChI is InChI=1S/C33H46N10O3/c1-23-16-28(11-8-27(23)20-43-15-14-36-24(2)19-43)42(4)32(45)26-9-12-29(13-10-26)46-30-7-5-6-25(17-30)18-31(44)39-33(3,21-37-40-34)22-38-41-35/h5-8,11,16-17,24,26,29,36H,9-10,12-15,18-22H2,1-4H3,(H,39,44)/t24-,26?,29?/m0/s1. The van der Waals surface area contributed by atoms with Gasteiger partial charge in [0.2, 0.25) is 11.8 Å². The van der Waals surface area contributed by atoms with Crippen LogP contribution in [0.1, 0.15) is 56.2 Å². The van der Waals surface area contributed by atoms with Crippen molar-refractivity contribution in [2.45, 2.75) is 77.1 Å². The van der Waals surface area contributed by atoms with Crippen molar-refractivity contribution in [2.75, 3.05) is 44.7 Å². The molecule has 246 valence electrons. The molecule has 1 atom stereocenters. The second-order valence-corrected chi connectivity index (χ2v) is 12.9. The minimum atomic E-state index is -0.986. The third-order valence-electron chi connectivity index (χ3n) is 8.89. The minimum Gasteiger partial charge on any atom is -0.490 e. The van der Waals surface area contributed by atoms with Gasteiger partial charge in [0.05, 0.1) is 12.5 Å². The van der Waals surface area contributed by atoms with E-state index in [1.54, 1.807) is 11.8 Å². The quantitative estimate of drug-likeness (QED) is 0.170. The molecule has 0 spiro atoms. The zero-order chi connectivity index (χ0) is 33.1. The van der Waals surface area contributed by atoms with Gasteiger partial charge >= 0.3 is 0 Å². The van der Waals surface area contributed by atoms with Gasteiger partial charge in [0.1, 0.15) is 5.75 Å². The Morgan fingerprint density at radius 3 is 2.48 bits per heavy atom. The number of ether oxygens (including phenoxy) is 1. The molecule has 2 fully saturated rings. The highest BCUT2D eigenvalue weighted by molar-refractivity contribution is 5.94. The normalized spacial score (nSPS) is 21.2. The van der Waals surface area contributed by atoms with E-state index < -0.39 is 5.54 Å². The molecule has 2 aromatic rings. The third kappa shape index (κ3) is 9.86. The van der Waals surface area contributed by atoms with Gasteiger partial charge in [0, 0.05) is 79.3 Å². The lowest BCUT2D eigenvalue weighted by molar-refractivity contribution is -0.123. The summed E-state index contributed by atoms with van der Waals surface area (Å²) in [5.41, 5.74) is 20.6. The molecule has 0 bridgehead atoms. The highest BCUT2D eigenvalue weighted by Gasteiger charge is 2.30. The van der Waals surface area contributed by atoms with Crippen LogP contribution in [0, 0.1) is 12.8 Å². The van der Waals surface area contributed by atoms with Crippen molar-refractivity contribution in [3.05, 3.63) is 80.0 Å². The Morgan fingerprint density at radius 1 is 1.11 bits per heavy atom. The Bertz CT molecular complexity index is 1440. The smallest absolute Gasteiger partial charge is 0.229 e. The van der Waals surface area contributed by atoms with Crippen LogP contribution in [0.5, 0.6) is 5.75 Å². The van der Waals surface area contributed by atoms with Crippen molar-refractivity contribution in [1.29, 1.82) is 0 Å². The van der Waals surface area contributed by atoms with Crippen LogP contribution in [0.15, 0.2) is 52.7 Å². The van der Waals surface area contributed by atoms with Gasteiger partial charge in [-0.15, -0.1) is 0 Å². The lowest BCUT2D eigenvalue weighted by Gasteiger charge is -2.32. The van der Waals surface area contributed by atoms with Gasteiger partial charge in [-0.2, -0.15) is 0 Å². The zero-order valence-corrected chi connectivity index (χ0v) is 27.4. The lowest BCUT2D eigenvalue weighted by atomic mass is 9.86. The van der Waals surface area contributed by atoms with E-state index in [0.717, 1.165) is 63.1 Å². The summed E-state index contributed by atoms with van der Waals surface area (Å²) in [6, 6.07) is 14.3. The molecule has 1 saturated carbocycles. The summed E-state index contributed by atoms with van der Waals surface area (Å²) in [5, 5.41) is 13.4. The van der Waals surface area contributed by atoms with Gasteiger partial charge in [-0.3, -0.25) is 14.5 Å². The lowest BCUT2D eigenvalue weighted by Crippen LogP contribution is -2.51. The monoisotopic (exact) mass is 630 g/mol. The highest BCUT2D eigenvalue weighted by atomic mass is 16.5. The van der Waals surface area contributed by atoms with Crippen molar-refractivity contribution in [3.63, 3.8) is 0 Å². The molecule has 1 aliphatic carbocycles. The summed E-state index contributed by atoms with van der Waals surface area (Å²) in [4.78, 5) is 36.0. The number of nitrogens with zero attached hydrogens (tertiary/aromatic N) is 8. The predicted octanol–water partition coefficient (Wildman–Crippen LogP) is 5.43. The Balaban J connectivity index is 1.27. The molecule has 13 heteroatoms. The van der Waals surface area contributed by atoms with Crippen molar-refractivity contribution < 1.29 is 14.3 Å². The number of aryl methyl sites for hydroxylation is 1. The molecule has 2 N–H and O–H groups in total. The molecule has 0 radical (unpaired) electrons. The summed E-state index contributed by atoms with van der Waals surface area (Å²) in [5.74, 6) is 0.478. The first-order valence-electron chi connectivity index (χ1n) is 16.0. The van der Waals surface area contributed by atoms with Crippen molar-refractivity contribution in [3.8, 4) is 5.75 Å². The number of hydrogen-bond donors (Lipinski definition) is 2. The van der Waals surface area contributed by atoms with Crippen LogP contribution in [-0.4, -0.2) is 74.2 Å². The summed E-state index contributed by atoms with van der Waals surface area (Å²) in [6.07, 6.45) is 3.12. The van der Waals surface area contributed by atoms with E-state index in [4.69, 9.17) is 15.8 Å². The number of carbonyl (C=O) groups excluding carboxylic acids is 2. The molecule has 1 aliphatic heterocycles. The Morgan fingerprint density at radius 2 is 1.83 bits per heavy atom. The van der Waals surface area contributed by atoms with Gasteiger partial charge in [0.25, 0.3) is 0 Å². The molecule has 13 nitrogen and oxygen atoms in total. The number of nitrogens with one attached hydrogen (secondary N) is 2. The van der Waals surface area contributed by atoms with Crippen LogP contribution in [-0.2, 0) is 22.6 Å². The maximum atomic E-state index is 13.5. The zero-order valence-electron chi connectivity index (χ0n) is 27.4. The van der Waals surface area contributed by atoms with E-state index in [1.807, 2.05) is 31.3 Å². The number of azide groups is 2. The first kappa shape index (κ1) is 34.6. The van der Waals surface area contributed by atoms with Crippen molar-refractivity contribution in [1.82, 2.24) is 15.5 Å². The molecular weight excluding hydrogens is 584 g/mol. The maximum Gasteiger partial charge on any atom is 0.229 e. The van der Waals surface area contributed by atoms with Gasteiger partial charge in [-0.05, 0) is 98.5 Å². The van der Waals surface area contributed by atoms with Crippen LogP contribution in [0.4, 0.5) is 5.69 Å². The molecule has 4 rings (SSSR count). The summed E-state index contributed by atoms with van der Waals surface area (Å²) in [6.45, 7) is 9.95. The van der Waals surface area contributed by atoms with Gasteiger partial charge < -0.3 is 20.3 Å². The first-order chi connectivity index (χ1) is 22.1. The molecule has 0 aromatic heterocycles. The van der Waals surface area contributed by atoms with Crippen molar-refractivity contribution >= 4 is 17.5 Å². The second kappa shape index (κ2) is 16.3. The van der Waals surface area contributed by atoms with Crippen LogP contribution >= 0.6 is 0 Å². The molecular formula is C33H46N10O3. The number of amides is 2. The first-order valence-corrected chi connectivity index (χ1v) is 16.0. The van der Waals surface area contributed by atoms with Crippen molar-refractivity contribution in [2.24, 2.45) is 16.1 Å². The molecule has 2 amide bonds. The number of piperazine rings is 1. The van der Waals surface area contributed by atoms with Crippen LogP contribution in [0.25, 0.3) is 20.9 Å².